The highest BCUT2D eigenvalue weighted by atomic mass is 16.6. The number of ether oxygens (including phenoxy) is 4. The average Bonchev–Trinajstić information content (AvgIpc) is 2.78. The third-order valence-electron chi connectivity index (χ3n) is 4.68. The predicted molar refractivity (Wildman–Crippen MR) is 120 cm³/mol. The first kappa shape index (κ1) is 22.4. The maximum absolute atomic E-state index is 12.0. The highest BCUT2D eigenvalue weighted by Crippen LogP contribution is 2.43. The van der Waals surface area contributed by atoms with E-state index in [0.29, 0.717) is 24.7 Å². The second kappa shape index (κ2) is 10.7. The first-order valence-electron chi connectivity index (χ1n) is 10.6. The van der Waals surface area contributed by atoms with E-state index >= 15 is 0 Å². The van der Waals surface area contributed by atoms with Crippen molar-refractivity contribution in [2.75, 3.05) is 26.4 Å². The van der Waals surface area contributed by atoms with Gasteiger partial charge in [0.1, 0.15) is 11.5 Å². The van der Waals surface area contributed by atoms with Crippen molar-refractivity contribution >= 4 is 33.5 Å². The van der Waals surface area contributed by atoms with Gasteiger partial charge in [0.15, 0.2) is 13.2 Å². The SMILES string of the molecule is CCCOC(=O)COc1c2ccccc2c(OCC(=O)OCCC)c2cc(C)ccc12. The largest absolute Gasteiger partial charge is 0.481 e. The fourth-order valence-corrected chi connectivity index (χ4v) is 3.30. The van der Waals surface area contributed by atoms with Gasteiger partial charge in [-0.1, -0.05) is 55.8 Å². The Bertz CT molecular complexity index is 1070. The lowest BCUT2D eigenvalue weighted by Gasteiger charge is -2.18. The van der Waals surface area contributed by atoms with Crippen LogP contribution >= 0.6 is 0 Å². The van der Waals surface area contributed by atoms with Crippen LogP contribution in [-0.4, -0.2) is 38.4 Å². The number of esters is 2. The van der Waals surface area contributed by atoms with Crippen molar-refractivity contribution in [1.82, 2.24) is 0 Å². The molecule has 0 bridgehead atoms. The minimum absolute atomic E-state index is 0.184. The standard InChI is InChI=1S/C25H28O6/c1-4-12-28-22(26)15-30-24-18-8-6-7-9-19(18)25(31-16-23(27)29-13-5-2)21-14-17(3)10-11-20(21)24/h6-11,14H,4-5,12-13,15-16H2,1-3H3. The Hall–Kier alpha value is -3.28. The van der Waals surface area contributed by atoms with E-state index in [4.69, 9.17) is 18.9 Å². The molecule has 0 saturated carbocycles. The summed E-state index contributed by atoms with van der Waals surface area (Å²) in [5.74, 6) is 0.347. The minimum Gasteiger partial charge on any atom is -0.481 e. The molecule has 164 valence electrons. The van der Waals surface area contributed by atoms with Gasteiger partial charge in [0, 0.05) is 21.5 Å². The van der Waals surface area contributed by atoms with Gasteiger partial charge in [0.05, 0.1) is 13.2 Å². The topological polar surface area (TPSA) is 71.1 Å². The summed E-state index contributed by atoms with van der Waals surface area (Å²) >= 11 is 0. The normalized spacial score (nSPS) is 10.8. The summed E-state index contributed by atoms with van der Waals surface area (Å²) in [7, 11) is 0. The first-order valence-corrected chi connectivity index (χ1v) is 10.6. The molecule has 0 aliphatic carbocycles. The van der Waals surface area contributed by atoms with E-state index in [1.54, 1.807) is 0 Å². The Balaban J connectivity index is 2.03. The van der Waals surface area contributed by atoms with Gasteiger partial charge in [-0.3, -0.25) is 0 Å². The molecule has 6 nitrogen and oxygen atoms in total. The van der Waals surface area contributed by atoms with E-state index in [1.807, 2.05) is 63.2 Å². The van der Waals surface area contributed by atoms with Gasteiger partial charge in [0.2, 0.25) is 0 Å². The van der Waals surface area contributed by atoms with Crippen molar-refractivity contribution in [3.8, 4) is 11.5 Å². The summed E-state index contributed by atoms with van der Waals surface area (Å²) in [6.07, 6.45) is 1.51. The van der Waals surface area contributed by atoms with Crippen molar-refractivity contribution < 1.29 is 28.5 Å². The van der Waals surface area contributed by atoms with Crippen molar-refractivity contribution in [1.29, 1.82) is 0 Å². The zero-order valence-corrected chi connectivity index (χ0v) is 18.2. The van der Waals surface area contributed by atoms with Gasteiger partial charge < -0.3 is 18.9 Å². The van der Waals surface area contributed by atoms with Crippen LogP contribution in [0.4, 0.5) is 0 Å². The highest BCUT2D eigenvalue weighted by molar-refractivity contribution is 6.11. The van der Waals surface area contributed by atoms with E-state index in [1.165, 1.54) is 0 Å². The number of benzene rings is 3. The molecule has 31 heavy (non-hydrogen) atoms. The summed E-state index contributed by atoms with van der Waals surface area (Å²) in [5, 5.41) is 3.18. The zero-order chi connectivity index (χ0) is 22.2. The Labute approximate surface area is 182 Å². The molecular weight excluding hydrogens is 396 g/mol. The van der Waals surface area contributed by atoms with Crippen LogP contribution in [0.1, 0.15) is 32.3 Å². The number of carbonyl (C=O) groups is 2. The molecule has 0 N–H and O–H groups in total. The molecule has 0 unspecified atom stereocenters. The molecule has 0 radical (unpaired) electrons. The molecule has 3 aromatic rings. The van der Waals surface area contributed by atoms with Gasteiger partial charge >= 0.3 is 11.9 Å². The van der Waals surface area contributed by atoms with Crippen LogP contribution in [-0.2, 0) is 19.1 Å². The summed E-state index contributed by atoms with van der Waals surface area (Å²) in [5.41, 5.74) is 1.04. The predicted octanol–water partition coefficient (Wildman–Crippen LogP) is 4.97. The summed E-state index contributed by atoms with van der Waals surface area (Å²) in [6, 6.07) is 13.5. The van der Waals surface area contributed by atoms with E-state index in [-0.39, 0.29) is 13.2 Å². The highest BCUT2D eigenvalue weighted by Gasteiger charge is 2.18. The first-order chi connectivity index (χ1) is 15.0. The van der Waals surface area contributed by atoms with Crippen LogP contribution in [0, 0.1) is 6.92 Å². The van der Waals surface area contributed by atoms with Crippen molar-refractivity contribution in [3.63, 3.8) is 0 Å². The van der Waals surface area contributed by atoms with Crippen LogP contribution in [0.25, 0.3) is 21.5 Å². The van der Waals surface area contributed by atoms with Crippen molar-refractivity contribution in [2.45, 2.75) is 33.6 Å². The van der Waals surface area contributed by atoms with Gasteiger partial charge in [0.25, 0.3) is 0 Å². The number of fused-ring (bicyclic) bond motifs is 2. The molecular formula is C25H28O6. The number of hydrogen-bond donors (Lipinski definition) is 0. The molecule has 0 fully saturated rings. The number of carbonyl (C=O) groups excluding carboxylic acids is 2. The molecule has 0 heterocycles. The molecule has 0 aliphatic rings. The molecule has 0 aliphatic heterocycles. The summed E-state index contributed by atoms with van der Waals surface area (Å²) in [4.78, 5) is 24.0. The summed E-state index contributed by atoms with van der Waals surface area (Å²) < 4.78 is 22.2. The second-order valence-corrected chi connectivity index (χ2v) is 7.27. The van der Waals surface area contributed by atoms with E-state index in [9.17, 15) is 9.59 Å². The van der Waals surface area contributed by atoms with Gasteiger partial charge in [-0.25, -0.2) is 9.59 Å². The van der Waals surface area contributed by atoms with Crippen LogP contribution in [0.15, 0.2) is 42.5 Å². The van der Waals surface area contributed by atoms with Crippen LogP contribution in [0.2, 0.25) is 0 Å². The Kier molecular flexibility index (Phi) is 7.70. The Morgan fingerprint density at radius 3 is 1.71 bits per heavy atom. The zero-order valence-electron chi connectivity index (χ0n) is 18.2. The van der Waals surface area contributed by atoms with Crippen molar-refractivity contribution in [2.24, 2.45) is 0 Å². The third kappa shape index (κ3) is 5.45. The molecule has 0 aromatic heterocycles. The summed E-state index contributed by atoms with van der Waals surface area (Å²) in [6.45, 7) is 6.22. The van der Waals surface area contributed by atoms with Crippen LogP contribution < -0.4 is 9.47 Å². The number of aryl methyl sites for hydroxylation is 1. The maximum Gasteiger partial charge on any atom is 0.344 e. The lowest BCUT2D eigenvalue weighted by molar-refractivity contribution is -0.146. The van der Waals surface area contributed by atoms with Gasteiger partial charge in [-0.2, -0.15) is 0 Å². The Morgan fingerprint density at radius 1 is 0.710 bits per heavy atom. The van der Waals surface area contributed by atoms with Crippen molar-refractivity contribution in [3.05, 3.63) is 48.0 Å². The quantitative estimate of drug-likeness (QED) is 0.338. The number of hydrogen-bond acceptors (Lipinski definition) is 6. The van der Waals surface area contributed by atoms with Crippen LogP contribution in [0.3, 0.4) is 0 Å². The molecule has 6 heteroatoms. The average molecular weight is 424 g/mol. The Morgan fingerprint density at radius 2 is 1.19 bits per heavy atom. The maximum atomic E-state index is 12.0. The minimum atomic E-state index is -0.412. The molecule has 0 atom stereocenters. The lowest BCUT2D eigenvalue weighted by atomic mass is 9.99. The second-order valence-electron chi connectivity index (χ2n) is 7.27. The lowest BCUT2D eigenvalue weighted by Crippen LogP contribution is -2.16. The van der Waals surface area contributed by atoms with E-state index in [0.717, 1.165) is 39.9 Å². The van der Waals surface area contributed by atoms with E-state index < -0.39 is 11.9 Å². The molecule has 3 aromatic carbocycles. The molecule has 3 rings (SSSR count). The molecule has 0 amide bonds. The fraction of sp³-hybridized carbons (Fsp3) is 0.360. The fourth-order valence-electron chi connectivity index (χ4n) is 3.30. The third-order valence-corrected chi connectivity index (χ3v) is 4.68. The smallest absolute Gasteiger partial charge is 0.344 e. The van der Waals surface area contributed by atoms with Gasteiger partial charge in [-0.05, 0) is 25.8 Å². The monoisotopic (exact) mass is 424 g/mol. The molecule has 0 saturated heterocycles. The van der Waals surface area contributed by atoms with Crippen LogP contribution in [0.5, 0.6) is 11.5 Å². The number of rotatable bonds is 10. The van der Waals surface area contributed by atoms with E-state index in [2.05, 4.69) is 0 Å². The van der Waals surface area contributed by atoms with Gasteiger partial charge in [-0.15, -0.1) is 0 Å². The molecule has 0 spiro atoms.